The van der Waals surface area contributed by atoms with Gasteiger partial charge in [-0.15, -0.1) is 0 Å². The third-order valence-corrected chi connectivity index (χ3v) is 30.3. The van der Waals surface area contributed by atoms with Crippen LogP contribution in [-0.2, 0) is 21.7 Å². The molecule has 0 bridgehead atoms. The van der Waals surface area contributed by atoms with Crippen molar-refractivity contribution in [3.05, 3.63) is 576 Å². The predicted molar refractivity (Wildman–Crippen MR) is 589 cm³/mol. The Morgan fingerprint density at radius 1 is 0.144 bits per heavy atom. The average Bonchev–Trinajstić information content (AvgIpc) is 0.695. The molecule has 0 aliphatic carbocycles. The summed E-state index contributed by atoms with van der Waals surface area (Å²) in [4.78, 5) is 14.3. The molecular weight excluding hydrogens is 1700 g/mol. The van der Waals surface area contributed by atoms with Crippen LogP contribution in [-0.4, -0.2) is 35.2 Å². The molecule has 0 saturated carbocycles. The normalized spacial score (nSPS) is 13.9. The van der Waals surface area contributed by atoms with E-state index in [1.165, 1.54) is 200 Å². The van der Waals surface area contributed by atoms with Crippen LogP contribution in [0.3, 0.4) is 0 Å². The zero-order chi connectivity index (χ0) is 94.8. The Morgan fingerprint density at radius 3 is 0.583 bits per heavy atom. The lowest BCUT2D eigenvalue weighted by Gasteiger charge is -2.46. The molecule has 20 aromatic carbocycles. The van der Waals surface area contributed by atoms with E-state index >= 15 is 0 Å². The lowest BCUT2D eigenvalue weighted by molar-refractivity contribution is 0.630. The first kappa shape index (κ1) is 89.3. The summed E-state index contributed by atoms with van der Waals surface area (Å²) in [5, 5.41) is 0. The number of nitrogens with zero attached hydrogens (tertiary/aromatic N) is 5. The number of rotatable bonds is 10. The van der Waals surface area contributed by atoms with Crippen molar-refractivity contribution in [2.45, 2.75) is 59.1 Å². The topological polar surface area (TPSA) is 16.2 Å². The van der Waals surface area contributed by atoms with E-state index in [0.717, 1.165) is 0 Å². The van der Waals surface area contributed by atoms with Gasteiger partial charge in [-0.3, -0.25) is 0 Å². The Morgan fingerprint density at radius 2 is 0.317 bits per heavy atom. The van der Waals surface area contributed by atoms with Crippen molar-refractivity contribution in [2.75, 3.05) is 59.7 Å². The smallest absolute Gasteiger partial charge is 0.0742 e. The molecule has 5 aliphatic heterocycles. The molecule has 20 aromatic rings. The average molecular weight is 1810 g/mol. The van der Waals surface area contributed by atoms with Crippen LogP contribution >= 0.6 is 11.8 Å². The Balaban J connectivity index is 0.000000106. The van der Waals surface area contributed by atoms with Crippen molar-refractivity contribution in [2.24, 2.45) is 0 Å². The Bertz CT molecular complexity index is 7460. The first-order valence-electron chi connectivity index (χ1n) is 48.2. The van der Waals surface area contributed by atoms with Gasteiger partial charge in [-0.1, -0.05) is 440 Å². The van der Waals surface area contributed by atoms with E-state index in [1.54, 1.807) is 0 Å². The summed E-state index contributed by atoms with van der Waals surface area (Å²) in [5.41, 5.74) is 42.5. The van der Waals surface area contributed by atoms with Crippen molar-refractivity contribution in [1.82, 2.24) is 0 Å². The van der Waals surface area contributed by atoms with Crippen molar-refractivity contribution < 1.29 is 0 Å². The van der Waals surface area contributed by atoms with Crippen LogP contribution < -0.4 is 24.5 Å². The minimum atomic E-state index is -0.491. The van der Waals surface area contributed by atoms with Crippen LogP contribution in [0.1, 0.15) is 94.5 Å². The molecule has 674 valence electrons. The summed E-state index contributed by atoms with van der Waals surface area (Å²) in [6.45, 7) is 9.35. The molecule has 0 unspecified atom stereocenters. The second kappa shape index (κ2) is 38.1. The standard InChI is InChI=1S/C38H29N.C32H25N.C28H25N.C22H21N.C13H11NS/c1-39-36-24-22-30(28-14-6-2-7-15-28)26-34(36)38(32-18-10-4-11-19-32,33-20-12-5-13-21-33)35-27-31(23-25-37(35)39)29-16-8-3-9-17-29;1-33-30-20-12-11-19-28(30)32(26-15-7-3-8-16-26,27-17-9-4-10-18-27)29-23-25(21-22-31(29)33)24-13-5-2-6-14-24;1-28(2)24-18-22(20-10-6-4-7-11-20)14-16-26(24)29(3)27-17-15-23(19-25(27)28)21-12-8-5-9-13-21;1-22(2)18-11-7-8-12-20(18)23(3)21-14-13-17(15-19(21)22)16-9-5-4-6-10-16;1-14-10-6-2-4-8-12(10)15-13-9-5-3-7-11(13)14/h2-27H,1H3;2-23H,1H3;4-19H,1-3H3;4-15H,1-3H3;2-9H,1H3. The lowest BCUT2D eigenvalue weighted by Crippen LogP contribution is -2.38. The fraction of sp³-hybridized carbons (Fsp3) is 0.0977. The highest BCUT2D eigenvalue weighted by Crippen LogP contribution is 2.60. The third kappa shape index (κ3) is 16.5. The van der Waals surface area contributed by atoms with Crippen LogP contribution in [0, 0.1) is 0 Å². The van der Waals surface area contributed by atoms with Crippen LogP contribution in [0.15, 0.2) is 519 Å². The molecule has 0 amide bonds. The number of para-hydroxylation sites is 4. The van der Waals surface area contributed by atoms with E-state index in [0.29, 0.717) is 0 Å². The van der Waals surface area contributed by atoms with Crippen molar-refractivity contribution in [1.29, 1.82) is 0 Å². The maximum absolute atomic E-state index is 2.42. The molecule has 6 heteroatoms. The van der Waals surface area contributed by atoms with Crippen molar-refractivity contribution in [3.8, 4) is 66.8 Å². The molecule has 5 nitrogen and oxygen atoms in total. The Labute approximate surface area is 824 Å². The molecule has 139 heavy (non-hydrogen) atoms. The highest BCUT2D eigenvalue weighted by Gasteiger charge is 2.48. The summed E-state index contributed by atoms with van der Waals surface area (Å²) in [7, 11) is 10.8. The van der Waals surface area contributed by atoms with Crippen LogP contribution in [0.5, 0.6) is 0 Å². The highest BCUT2D eigenvalue weighted by atomic mass is 32.2. The van der Waals surface area contributed by atoms with E-state index in [-0.39, 0.29) is 10.8 Å². The summed E-state index contributed by atoms with van der Waals surface area (Å²) in [6.07, 6.45) is 0. The molecule has 5 heterocycles. The number of hydrogen-bond acceptors (Lipinski definition) is 6. The summed E-state index contributed by atoms with van der Waals surface area (Å²) >= 11 is 1.84. The highest BCUT2D eigenvalue weighted by molar-refractivity contribution is 7.99. The molecule has 0 spiro atoms. The second-order valence-electron chi connectivity index (χ2n) is 37.7. The van der Waals surface area contributed by atoms with Gasteiger partial charge in [-0.2, -0.15) is 0 Å². The first-order chi connectivity index (χ1) is 68.1. The van der Waals surface area contributed by atoms with Crippen LogP contribution in [0.2, 0.25) is 0 Å². The van der Waals surface area contributed by atoms with Crippen molar-refractivity contribution >= 4 is 68.6 Å². The Hall–Kier alpha value is -16.3. The molecule has 5 aliphatic rings. The van der Waals surface area contributed by atoms with Gasteiger partial charge in [0.05, 0.1) is 22.2 Å². The zero-order valence-corrected chi connectivity index (χ0v) is 81.0. The number of anilines is 10. The quantitative estimate of drug-likeness (QED) is 0.135. The molecule has 0 aromatic heterocycles. The molecule has 25 rings (SSSR count). The number of fused-ring (bicyclic) bond motifs is 10. The predicted octanol–water partition coefficient (Wildman–Crippen LogP) is 34.4. The summed E-state index contributed by atoms with van der Waals surface area (Å²) in [5.74, 6) is 0. The number of hydrogen-bond donors (Lipinski definition) is 0. The van der Waals surface area contributed by atoms with Crippen LogP contribution in [0.4, 0.5) is 56.9 Å². The zero-order valence-electron chi connectivity index (χ0n) is 80.1. The van der Waals surface area contributed by atoms with Crippen molar-refractivity contribution in [3.63, 3.8) is 0 Å². The maximum Gasteiger partial charge on any atom is 0.0742 e. The van der Waals surface area contributed by atoms with Gasteiger partial charge < -0.3 is 24.5 Å². The number of benzene rings is 20. The first-order valence-corrected chi connectivity index (χ1v) is 49.0. The fourth-order valence-electron chi connectivity index (χ4n) is 21.9. The van der Waals surface area contributed by atoms with E-state index in [9.17, 15) is 0 Å². The monoisotopic (exact) mass is 1810 g/mol. The summed E-state index contributed by atoms with van der Waals surface area (Å²) in [6, 6.07) is 184. The second-order valence-corrected chi connectivity index (χ2v) is 38.8. The van der Waals surface area contributed by atoms with Gasteiger partial charge >= 0.3 is 0 Å². The third-order valence-electron chi connectivity index (χ3n) is 29.1. The van der Waals surface area contributed by atoms with Gasteiger partial charge in [0, 0.05) is 101 Å². The van der Waals surface area contributed by atoms with Gasteiger partial charge in [0.1, 0.15) is 0 Å². The SMILES string of the molecule is CN1c2ccc(-c3ccccc3)cc2C(C)(C)c2cc(-c3ccccc3)ccc21.CN1c2ccc(-c3ccccc3)cc2C(c2ccccc2)(c2ccccc2)c2cc(-c3ccccc3)ccc21.CN1c2ccccc2C(C)(C)c2cc(-c3ccccc3)ccc21.CN1c2ccccc2C(c2ccccc2)(c2ccccc2)c2cc(-c3ccccc3)ccc21.CN1c2ccccc2Sc2ccccc21. The minimum absolute atomic E-state index is 0.00320. The maximum atomic E-state index is 2.42. The molecule has 0 N–H and O–H groups in total. The molecular formula is C133H111N5S. The lowest BCUT2D eigenvalue weighted by atomic mass is 9.62. The largest absolute Gasteiger partial charge is 0.344 e. The van der Waals surface area contributed by atoms with Gasteiger partial charge in [0.25, 0.3) is 0 Å². The molecule has 0 atom stereocenters. The van der Waals surface area contributed by atoms with E-state index < -0.39 is 10.8 Å². The fourth-order valence-corrected chi connectivity index (χ4v) is 23.1. The van der Waals surface area contributed by atoms with Gasteiger partial charge in [-0.25, -0.2) is 0 Å². The van der Waals surface area contributed by atoms with Gasteiger partial charge in [0.15, 0.2) is 0 Å². The molecule has 0 saturated heterocycles. The minimum Gasteiger partial charge on any atom is -0.344 e. The van der Waals surface area contributed by atoms with Gasteiger partial charge in [0.2, 0.25) is 0 Å². The molecule has 0 radical (unpaired) electrons. The summed E-state index contributed by atoms with van der Waals surface area (Å²) < 4.78 is 0. The van der Waals surface area contributed by atoms with Crippen LogP contribution in [0.25, 0.3) is 66.8 Å². The van der Waals surface area contributed by atoms with E-state index in [1.807, 2.05) is 11.8 Å². The Kier molecular flexibility index (Phi) is 24.5. The van der Waals surface area contributed by atoms with E-state index in [2.05, 4.69) is 597 Å². The molecule has 0 fully saturated rings. The van der Waals surface area contributed by atoms with E-state index in [4.69, 9.17) is 0 Å². The van der Waals surface area contributed by atoms with Gasteiger partial charge in [-0.05, 0) is 243 Å².